The Morgan fingerprint density at radius 2 is 2.20 bits per heavy atom. The highest BCUT2D eigenvalue weighted by atomic mass is 16.2. The first kappa shape index (κ1) is 13.7. The van der Waals surface area contributed by atoms with Gasteiger partial charge in [0.1, 0.15) is 5.69 Å². The zero-order valence-electron chi connectivity index (χ0n) is 10.7. The third kappa shape index (κ3) is 2.81. The molecule has 0 radical (unpaired) electrons. The van der Waals surface area contributed by atoms with Crippen LogP contribution in [0.4, 0.5) is 0 Å². The predicted octanol–water partition coefficient (Wildman–Crippen LogP) is -1.11. The molecule has 8 heteroatoms. The lowest BCUT2D eigenvalue weighted by Gasteiger charge is -2.06. The Balaban J connectivity index is 2.36. The summed E-state index contributed by atoms with van der Waals surface area (Å²) in [6.07, 6.45) is 1.44. The average molecular weight is 275 g/mol. The molecule has 4 N–H and O–H groups in total. The van der Waals surface area contributed by atoms with Crippen molar-refractivity contribution < 1.29 is 4.79 Å². The van der Waals surface area contributed by atoms with Crippen LogP contribution in [0.5, 0.6) is 0 Å². The molecule has 0 bridgehead atoms. The normalized spacial score (nSPS) is 10.3. The lowest BCUT2D eigenvalue weighted by atomic mass is 10.3. The van der Waals surface area contributed by atoms with E-state index in [4.69, 9.17) is 5.84 Å². The van der Waals surface area contributed by atoms with Crippen LogP contribution in [0.15, 0.2) is 34.0 Å². The molecule has 0 aliphatic carbocycles. The number of carbonyl (C=O) groups excluding carboxylic acids is 1. The second kappa shape index (κ2) is 5.49. The first-order chi connectivity index (χ1) is 9.51. The molecule has 0 spiro atoms. The van der Waals surface area contributed by atoms with Crippen molar-refractivity contribution in [3.05, 3.63) is 62.2 Å². The number of nitrogen functional groups attached to an aromatic ring is 1. The second-order valence-corrected chi connectivity index (χ2v) is 4.19. The third-order valence-corrected chi connectivity index (χ3v) is 2.69. The van der Waals surface area contributed by atoms with Crippen LogP contribution in [0, 0.1) is 6.92 Å². The Bertz CT molecular complexity index is 762. The molecule has 0 unspecified atom stereocenters. The maximum atomic E-state index is 11.7. The number of aryl methyl sites for hydroxylation is 1. The van der Waals surface area contributed by atoms with Crippen LogP contribution in [0.3, 0.4) is 0 Å². The van der Waals surface area contributed by atoms with Gasteiger partial charge in [-0.2, -0.15) is 0 Å². The average Bonchev–Trinajstić information content (AvgIpc) is 2.44. The van der Waals surface area contributed by atoms with E-state index in [0.717, 1.165) is 0 Å². The van der Waals surface area contributed by atoms with Gasteiger partial charge in [-0.3, -0.25) is 24.6 Å². The van der Waals surface area contributed by atoms with Crippen LogP contribution in [-0.2, 0) is 6.54 Å². The maximum absolute atomic E-state index is 11.7. The number of amides is 1. The number of hydrogen-bond acceptors (Lipinski definition) is 5. The number of hydrogen-bond donors (Lipinski definition) is 3. The highest BCUT2D eigenvalue weighted by Crippen LogP contribution is 2.01. The number of rotatable bonds is 3. The fourth-order valence-corrected chi connectivity index (χ4v) is 1.68. The third-order valence-electron chi connectivity index (χ3n) is 2.69. The number of aromatic amines is 1. The second-order valence-electron chi connectivity index (χ2n) is 4.19. The summed E-state index contributed by atoms with van der Waals surface area (Å²) < 4.78 is 1.31. The molecule has 0 fully saturated rings. The first-order valence-electron chi connectivity index (χ1n) is 5.78. The van der Waals surface area contributed by atoms with Gasteiger partial charge in [-0.1, -0.05) is 6.07 Å². The van der Waals surface area contributed by atoms with E-state index in [2.05, 4.69) is 9.97 Å². The van der Waals surface area contributed by atoms with Crippen molar-refractivity contribution in [2.45, 2.75) is 13.5 Å². The Hall–Kier alpha value is -2.74. The molecule has 20 heavy (non-hydrogen) atoms. The number of hydrazine groups is 1. The lowest BCUT2D eigenvalue weighted by Crippen LogP contribution is -2.32. The van der Waals surface area contributed by atoms with Crippen LogP contribution in [-0.4, -0.2) is 20.4 Å². The molecular formula is C12H13N5O3. The van der Waals surface area contributed by atoms with Gasteiger partial charge < -0.3 is 0 Å². The molecule has 104 valence electrons. The van der Waals surface area contributed by atoms with Crippen LogP contribution in [0.25, 0.3) is 0 Å². The summed E-state index contributed by atoms with van der Waals surface area (Å²) in [5.74, 6) is 4.52. The van der Waals surface area contributed by atoms with Crippen molar-refractivity contribution >= 4 is 5.91 Å². The van der Waals surface area contributed by atoms with Gasteiger partial charge in [0.2, 0.25) is 0 Å². The van der Waals surface area contributed by atoms with Crippen LogP contribution < -0.4 is 22.5 Å². The lowest BCUT2D eigenvalue weighted by molar-refractivity contribution is 0.0948. The number of carbonyl (C=O) groups is 1. The van der Waals surface area contributed by atoms with E-state index >= 15 is 0 Å². The zero-order valence-corrected chi connectivity index (χ0v) is 10.7. The van der Waals surface area contributed by atoms with Crippen molar-refractivity contribution in [2.75, 3.05) is 0 Å². The van der Waals surface area contributed by atoms with E-state index in [-0.39, 0.29) is 12.2 Å². The standard InChI is InChI=1S/C12H13N5O3/c1-7-5-17(12(20)15-10(7)18)6-8-3-2-4-9(14-8)11(19)16-13/h2-5H,6,13H2,1H3,(H,16,19)(H,15,18,20). The van der Waals surface area contributed by atoms with Gasteiger partial charge in [-0.25, -0.2) is 15.6 Å². The summed E-state index contributed by atoms with van der Waals surface area (Å²) in [5, 5.41) is 0. The fourth-order valence-electron chi connectivity index (χ4n) is 1.68. The summed E-state index contributed by atoms with van der Waals surface area (Å²) >= 11 is 0. The molecule has 0 aliphatic heterocycles. The monoisotopic (exact) mass is 275 g/mol. The summed E-state index contributed by atoms with van der Waals surface area (Å²) in [5.41, 5.74) is 2.10. The highest BCUT2D eigenvalue weighted by Gasteiger charge is 2.07. The molecular weight excluding hydrogens is 262 g/mol. The molecule has 0 aliphatic rings. The smallest absolute Gasteiger partial charge is 0.294 e. The molecule has 0 atom stereocenters. The molecule has 2 aromatic heterocycles. The van der Waals surface area contributed by atoms with E-state index in [1.807, 2.05) is 5.43 Å². The van der Waals surface area contributed by atoms with Gasteiger partial charge in [0.25, 0.3) is 11.5 Å². The Kier molecular flexibility index (Phi) is 3.76. The van der Waals surface area contributed by atoms with Gasteiger partial charge in [0, 0.05) is 11.8 Å². The molecule has 2 rings (SSSR count). The Morgan fingerprint density at radius 3 is 2.90 bits per heavy atom. The van der Waals surface area contributed by atoms with Gasteiger partial charge in [0.05, 0.1) is 12.2 Å². The van der Waals surface area contributed by atoms with Crippen LogP contribution >= 0.6 is 0 Å². The predicted molar refractivity (Wildman–Crippen MR) is 71.1 cm³/mol. The van der Waals surface area contributed by atoms with Crippen LogP contribution in [0.1, 0.15) is 21.7 Å². The van der Waals surface area contributed by atoms with E-state index in [1.165, 1.54) is 16.8 Å². The quantitative estimate of drug-likeness (QED) is 0.372. The molecule has 2 heterocycles. The summed E-state index contributed by atoms with van der Waals surface area (Å²) in [4.78, 5) is 40.6. The molecule has 0 saturated heterocycles. The number of pyridine rings is 1. The van der Waals surface area contributed by atoms with Crippen molar-refractivity contribution in [2.24, 2.45) is 5.84 Å². The minimum absolute atomic E-state index is 0.141. The number of nitrogens with two attached hydrogens (primary N) is 1. The van der Waals surface area contributed by atoms with Gasteiger partial charge in [0.15, 0.2) is 0 Å². The van der Waals surface area contributed by atoms with Gasteiger partial charge >= 0.3 is 5.69 Å². The summed E-state index contributed by atoms with van der Waals surface area (Å²) in [6, 6.07) is 4.81. The molecule has 0 aromatic carbocycles. The Morgan fingerprint density at radius 1 is 1.45 bits per heavy atom. The SMILES string of the molecule is Cc1cn(Cc2cccc(C(=O)NN)n2)c(=O)[nH]c1=O. The first-order valence-corrected chi connectivity index (χ1v) is 5.78. The van der Waals surface area contributed by atoms with E-state index in [9.17, 15) is 14.4 Å². The Labute approximate surface area is 113 Å². The largest absolute Gasteiger partial charge is 0.328 e. The molecule has 2 aromatic rings. The van der Waals surface area contributed by atoms with Gasteiger partial charge in [-0.15, -0.1) is 0 Å². The van der Waals surface area contributed by atoms with Crippen molar-refractivity contribution in [1.29, 1.82) is 0 Å². The van der Waals surface area contributed by atoms with Gasteiger partial charge in [-0.05, 0) is 19.1 Å². The number of H-pyrrole nitrogens is 1. The number of nitrogens with zero attached hydrogens (tertiary/aromatic N) is 2. The number of nitrogens with one attached hydrogen (secondary N) is 2. The zero-order chi connectivity index (χ0) is 14.7. The molecule has 0 saturated carbocycles. The summed E-state index contributed by atoms with van der Waals surface area (Å²) in [6.45, 7) is 1.74. The molecule has 8 nitrogen and oxygen atoms in total. The van der Waals surface area contributed by atoms with Crippen molar-refractivity contribution in [3.63, 3.8) is 0 Å². The maximum Gasteiger partial charge on any atom is 0.328 e. The van der Waals surface area contributed by atoms with E-state index in [1.54, 1.807) is 19.1 Å². The minimum Gasteiger partial charge on any atom is -0.294 e. The van der Waals surface area contributed by atoms with Crippen molar-refractivity contribution in [1.82, 2.24) is 20.0 Å². The fraction of sp³-hybridized carbons (Fsp3) is 0.167. The van der Waals surface area contributed by atoms with Crippen molar-refractivity contribution in [3.8, 4) is 0 Å². The topological polar surface area (TPSA) is 123 Å². The van der Waals surface area contributed by atoms with Crippen LogP contribution in [0.2, 0.25) is 0 Å². The molecule has 1 amide bonds. The highest BCUT2D eigenvalue weighted by molar-refractivity contribution is 5.91. The number of aromatic nitrogens is 3. The van der Waals surface area contributed by atoms with E-state index < -0.39 is 17.2 Å². The minimum atomic E-state index is -0.531. The van der Waals surface area contributed by atoms with E-state index in [0.29, 0.717) is 11.3 Å². The summed E-state index contributed by atoms with van der Waals surface area (Å²) in [7, 11) is 0.